The molecule has 0 atom stereocenters. The van der Waals surface area contributed by atoms with Crippen molar-refractivity contribution in [2.24, 2.45) is 5.73 Å². The van der Waals surface area contributed by atoms with E-state index in [1.54, 1.807) is 0 Å². The molecule has 0 spiro atoms. The SMILES string of the molecule is CNC1(NC)CC(N)CC(NC)(NC)C1. The van der Waals surface area contributed by atoms with Crippen LogP contribution in [0.1, 0.15) is 19.3 Å². The third kappa shape index (κ3) is 2.49. The lowest BCUT2D eigenvalue weighted by Gasteiger charge is -2.50. The van der Waals surface area contributed by atoms with Crippen LogP contribution < -0.4 is 27.0 Å². The summed E-state index contributed by atoms with van der Waals surface area (Å²) in [5, 5.41) is 13.4. The molecule has 0 aromatic carbocycles. The molecule has 1 fully saturated rings. The quantitative estimate of drug-likeness (QED) is 0.380. The van der Waals surface area contributed by atoms with Crippen molar-refractivity contribution in [3.8, 4) is 0 Å². The molecule has 0 saturated heterocycles. The van der Waals surface area contributed by atoms with Crippen LogP contribution in [0.3, 0.4) is 0 Å². The zero-order valence-corrected chi connectivity index (χ0v) is 10.3. The van der Waals surface area contributed by atoms with Gasteiger partial charge in [-0.25, -0.2) is 0 Å². The molecule has 0 bridgehead atoms. The smallest absolute Gasteiger partial charge is 0.0728 e. The Balaban J connectivity index is 2.87. The minimum absolute atomic E-state index is 0.0797. The fourth-order valence-electron chi connectivity index (χ4n) is 2.64. The van der Waals surface area contributed by atoms with Crippen LogP contribution >= 0.6 is 0 Å². The van der Waals surface area contributed by atoms with Crippen molar-refractivity contribution >= 4 is 0 Å². The Morgan fingerprint density at radius 1 is 0.867 bits per heavy atom. The number of hydrogen-bond donors (Lipinski definition) is 5. The fourth-order valence-corrected chi connectivity index (χ4v) is 2.64. The zero-order chi connectivity index (χ0) is 11.5. The van der Waals surface area contributed by atoms with Crippen LogP contribution in [-0.4, -0.2) is 45.6 Å². The van der Waals surface area contributed by atoms with Gasteiger partial charge >= 0.3 is 0 Å². The van der Waals surface area contributed by atoms with E-state index in [0.717, 1.165) is 19.3 Å². The first-order valence-electron chi connectivity index (χ1n) is 5.56. The van der Waals surface area contributed by atoms with Gasteiger partial charge in [0.05, 0.1) is 11.3 Å². The second-order valence-corrected chi connectivity index (χ2v) is 4.51. The van der Waals surface area contributed by atoms with Gasteiger partial charge in [0.15, 0.2) is 0 Å². The van der Waals surface area contributed by atoms with Gasteiger partial charge in [0.2, 0.25) is 0 Å². The first kappa shape index (κ1) is 12.9. The van der Waals surface area contributed by atoms with Crippen molar-refractivity contribution in [2.75, 3.05) is 28.2 Å². The Hall–Kier alpha value is -0.200. The Morgan fingerprint density at radius 2 is 1.20 bits per heavy atom. The molecule has 5 nitrogen and oxygen atoms in total. The monoisotopic (exact) mass is 215 g/mol. The van der Waals surface area contributed by atoms with Gasteiger partial charge in [0.25, 0.3) is 0 Å². The van der Waals surface area contributed by atoms with E-state index in [2.05, 4.69) is 21.3 Å². The van der Waals surface area contributed by atoms with Crippen LogP contribution in [-0.2, 0) is 0 Å². The van der Waals surface area contributed by atoms with Gasteiger partial charge in [-0.1, -0.05) is 0 Å². The summed E-state index contributed by atoms with van der Waals surface area (Å²) in [7, 11) is 7.91. The Labute approximate surface area is 92.6 Å². The van der Waals surface area contributed by atoms with Gasteiger partial charge in [-0.3, -0.25) is 0 Å². The summed E-state index contributed by atoms with van der Waals surface area (Å²) in [6.07, 6.45) is 2.86. The van der Waals surface area contributed by atoms with E-state index in [4.69, 9.17) is 5.73 Å². The van der Waals surface area contributed by atoms with E-state index in [1.165, 1.54) is 0 Å². The van der Waals surface area contributed by atoms with Crippen LogP contribution in [0.2, 0.25) is 0 Å². The topological polar surface area (TPSA) is 74.1 Å². The molecular formula is C10H25N5. The molecule has 1 aliphatic rings. The molecule has 6 N–H and O–H groups in total. The second kappa shape index (κ2) is 4.76. The predicted molar refractivity (Wildman–Crippen MR) is 63.5 cm³/mol. The van der Waals surface area contributed by atoms with Gasteiger partial charge in [-0.2, -0.15) is 0 Å². The molecule has 5 heteroatoms. The maximum atomic E-state index is 6.13. The Bertz CT molecular complexity index is 178. The average molecular weight is 215 g/mol. The van der Waals surface area contributed by atoms with E-state index >= 15 is 0 Å². The normalized spacial score (nSPS) is 25.4. The zero-order valence-electron chi connectivity index (χ0n) is 10.3. The van der Waals surface area contributed by atoms with Crippen LogP contribution in [0.5, 0.6) is 0 Å². The van der Waals surface area contributed by atoms with Crippen LogP contribution in [0.15, 0.2) is 0 Å². The van der Waals surface area contributed by atoms with Crippen molar-refractivity contribution in [2.45, 2.75) is 36.6 Å². The number of nitrogens with one attached hydrogen (secondary N) is 4. The van der Waals surface area contributed by atoms with Gasteiger partial charge in [-0.15, -0.1) is 0 Å². The first-order valence-corrected chi connectivity index (χ1v) is 5.56. The molecule has 0 aliphatic heterocycles. The van der Waals surface area contributed by atoms with Gasteiger partial charge < -0.3 is 27.0 Å². The van der Waals surface area contributed by atoms with E-state index in [9.17, 15) is 0 Å². The molecule has 1 saturated carbocycles. The first-order chi connectivity index (χ1) is 7.05. The fraction of sp³-hybridized carbons (Fsp3) is 1.00. The minimum Gasteiger partial charge on any atom is -0.327 e. The molecule has 1 rings (SSSR count). The largest absolute Gasteiger partial charge is 0.327 e. The predicted octanol–water partition coefficient (Wildman–Crippen LogP) is -1.23. The lowest BCUT2D eigenvalue weighted by molar-refractivity contribution is 0.0818. The van der Waals surface area contributed by atoms with E-state index in [-0.39, 0.29) is 17.4 Å². The van der Waals surface area contributed by atoms with Crippen LogP contribution in [0.25, 0.3) is 0 Å². The van der Waals surface area contributed by atoms with Crippen molar-refractivity contribution in [1.29, 1.82) is 0 Å². The van der Waals surface area contributed by atoms with E-state index in [1.807, 2.05) is 28.2 Å². The Morgan fingerprint density at radius 3 is 1.47 bits per heavy atom. The molecule has 0 heterocycles. The molecule has 0 radical (unpaired) electrons. The lowest BCUT2D eigenvalue weighted by atomic mass is 9.78. The molecular weight excluding hydrogens is 190 g/mol. The average Bonchev–Trinajstić information content (AvgIpc) is 2.28. The number of hydrogen-bond acceptors (Lipinski definition) is 5. The summed E-state index contributed by atoms with van der Waals surface area (Å²) in [5.41, 5.74) is 5.97. The number of rotatable bonds is 4. The standard InChI is InChI=1S/C10H25N5/c1-12-9(13-2)5-8(11)6-10(7-9,14-3)15-4/h8,12-15H,5-7,11H2,1-4H3. The maximum Gasteiger partial charge on any atom is 0.0728 e. The molecule has 0 aromatic heterocycles. The summed E-state index contributed by atoms with van der Waals surface area (Å²) in [6, 6.07) is 0.193. The van der Waals surface area contributed by atoms with Crippen molar-refractivity contribution in [1.82, 2.24) is 21.3 Å². The minimum atomic E-state index is -0.0797. The van der Waals surface area contributed by atoms with Gasteiger partial charge in [0, 0.05) is 12.5 Å². The molecule has 0 amide bonds. The molecule has 1 aliphatic carbocycles. The maximum absolute atomic E-state index is 6.13. The van der Waals surface area contributed by atoms with Crippen molar-refractivity contribution < 1.29 is 0 Å². The van der Waals surface area contributed by atoms with Gasteiger partial charge in [0.1, 0.15) is 0 Å². The highest BCUT2D eigenvalue weighted by molar-refractivity contribution is 5.03. The summed E-state index contributed by atoms with van der Waals surface area (Å²) in [5.74, 6) is 0. The third-order valence-electron chi connectivity index (χ3n) is 3.74. The second-order valence-electron chi connectivity index (χ2n) is 4.51. The summed E-state index contributed by atoms with van der Waals surface area (Å²) < 4.78 is 0. The summed E-state index contributed by atoms with van der Waals surface area (Å²) in [6.45, 7) is 0. The third-order valence-corrected chi connectivity index (χ3v) is 3.74. The number of nitrogens with two attached hydrogens (primary N) is 1. The Kier molecular flexibility index (Phi) is 4.08. The van der Waals surface area contributed by atoms with Crippen molar-refractivity contribution in [3.63, 3.8) is 0 Å². The van der Waals surface area contributed by atoms with Crippen LogP contribution in [0.4, 0.5) is 0 Å². The van der Waals surface area contributed by atoms with Gasteiger partial charge in [-0.05, 0) is 41.0 Å². The van der Waals surface area contributed by atoms with E-state index < -0.39 is 0 Å². The molecule has 0 unspecified atom stereocenters. The molecule has 15 heavy (non-hydrogen) atoms. The van der Waals surface area contributed by atoms with Crippen LogP contribution in [0, 0.1) is 0 Å². The summed E-state index contributed by atoms with van der Waals surface area (Å²) >= 11 is 0. The molecule has 90 valence electrons. The van der Waals surface area contributed by atoms with E-state index in [0.29, 0.717) is 0 Å². The van der Waals surface area contributed by atoms with Crippen molar-refractivity contribution in [3.05, 3.63) is 0 Å². The lowest BCUT2D eigenvalue weighted by Crippen LogP contribution is -2.71. The highest BCUT2D eigenvalue weighted by atomic mass is 15.2. The summed E-state index contributed by atoms with van der Waals surface area (Å²) in [4.78, 5) is 0. The highest BCUT2D eigenvalue weighted by Gasteiger charge is 2.44. The highest BCUT2D eigenvalue weighted by Crippen LogP contribution is 2.30. The molecule has 0 aromatic rings.